The number of fused-ring (bicyclic) bond motifs is 2. The number of ether oxygens (including phenoxy) is 5. The molecule has 8 rings (SSSR count). The van der Waals surface area contributed by atoms with E-state index in [1.54, 1.807) is 13.8 Å². The van der Waals surface area contributed by atoms with E-state index < -0.39 is 96.8 Å². The molecule has 3 unspecified atom stereocenters. The van der Waals surface area contributed by atoms with E-state index in [0.29, 0.717) is 25.7 Å². The van der Waals surface area contributed by atoms with Crippen LogP contribution in [0.25, 0.3) is 0 Å². The zero-order valence-electron chi connectivity index (χ0n) is 33.6. The highest BCUT2D eigenvalue weighted by atomic mass is 16.7. The van der Waals surface area contributed by atoms with Crippen molar-refractivity contribution in [1.82, 2.24) is 0 Å². The Morgan fingerprint density at radius 3 is 2.05 bits per heavy atom. The second-order valence-electron chi connectivity index (χ2n) is 21.1. The fraction of sp³-hybridized carbons (Fsp3) is 1.00. The molecular formula is C41H68O14. The van der Waals surface area contributed by atoms with Gasteiger partial charge in [0.05, 0.1) is 48.8 Å². The number of rotatable bonds is 7. The SMILES string of the molecule is CC(C)(O)[C@@H]1CC[C@](C)([C@H]2[C@@H](O)C[C@@]3(C)C4C[C@@H](O[C@@H]5O[C@H](CO)[C@@H](O)[C@H](O)[C@H]5O)C5C(C)(C)[C@@H](O[C@@H]6OC[C@@H](O)[C@H](O)[C@H]6O)CC[C@@]56CC46CC[C@]23C)O1. The second-order valence-corrected chi connectivity index (χ2v) is 21.1. The minimum atomic E-state index is -1.60. The van der Waals surface area contributed by atoms with Crippen LogP contribution in [-0.4, -0.2) is 150 Å². The molecule has 3 saturated heterocycles. The smallest absolute Gasteiger partial charge is 0.186 e. The average Bonchev–Trinajstić information content (AvgIpc) is 3.47. The van der Waals surface area contributed by atoms with E-state index >= 15 is 0 Å². The van der Waals surface area contributed by atoms with E-state index in [1.165, 1.54) is 0 Å². The van der Waals surface area contributed by atoms with Crippen molar-refractivity contribution in [3.8, 4) is 0 Å². The molecule has 8 aliphatic rings. The molecule has 9 N–H and O–H groups in total. The molecule has 0 aromatic carbocycles. The molecule has 0 bridgehead atoms. The normalized spacial score (nSPS) is 58.7. The van der Waals surface area contributed by atoms with Crippen molar-refractivity contribution in [2.24, 2.45) is 44.8 Å². The Hall–Kier alpha value is -0.560. The molecule has 5 aliphatic carbocycles. The van der Waals surface area contributed by atoms with Gasteiger partial charge >= 0.3 is 0 Å². The molecule has 3 aliphatic heterocycles. The molecule has 3 heterocycles. The molecule has 0 amide bonds. The van der Waals surface area contributed by atoms with Crippen LogP contribution in [0, 0.1) is 44.8 Å². The molecule has 14 nitrogen and oxygen atoms in total. The van der Waals surface area contributed by atoms with Crippen LogP contribution in [0.5, 0.6) is 0 Å². The lowest BCUT2D eigenvalue weighted by Gasteiger charge is -2.65. The Bertz CT molecular complexity index is 1460. The van der Waals surface area contributed by atoms with Gasteiger partial charge in [-0.3, -0.25) is 0 Å². The van der Waals surface area contributed by atoms with Crippen molar-refractivity contribution >= 4 is 0 Å². The first-order valence-electron chi connectivity index (χ1n) is 20.9. The largest absolute Gasteiger partial charge is 0.394 e. The molecule has 0 aromatic heterocycles. The summed E-state index contributed by atoms with van der Waals surface area (Å²) in [6.07, 6.45) is -7.48. The van der Waals surface area contributed by atoms with Crippen molar-refractivity contribution < 1.29 is 69.6 Å². The fourth-order valence-corrected chi connectivity index (χ4v) is 14.9. The van der Waals surface area contributed by atoms with Crippen LogP contribution in [0.4, 0.5) is 0 Å². The molecule has 0 radical (unpaired) electrons. The van der Waals surface area contributed by atoms with E-state index in [1.807, 2.05) is 0 Å². The molecule has 316 valence electrons. The van der Waals surface area contributed by atoms with Crippen molar-refractivity contribution in [1.29, 1.82) is 0 Å². The lowest BCUT2D eigenvalue weighted by molar-refractivity contribution is -0.339. The third kappa shape index (κ3) is 5.70. The van der Waals surface area contributed by atoms with Gasteiger partial charge in [-0.25, -0.2) is 0 Å². The van der Waals surface area contributed by atoms with Gasteiger partial charge in [0.1, 0.15) is 42.7 Å². The quantitative estimate of drug-likeness (QED) is 0.162. The summed E-state index contributed by atoms with van der Waals surface area (Å²) in [6.45, 7) is 13.8. The van der Waals surface area contributed by atoms with Crippen LogP contribution in [0.15, 0.2) is 0 Å². The first kappa shape index (κ1) is 41.2. The number of hydrogen-bond donors (Lipinski definition) is 9. The van der Waals surface area contributed by atoms with Crippen LogP contribution >= 0.6 is 0 Å². The number of hydrogen-bond acceptors (Lipinski definition) is 14. The van der Waals surface area contributed by atoms with E-state index in [9.17, 15) is 46.0 Å². The molecule has 55 heavy (non-hydrogen) atoms. The zero-order chi connectivity index (χ0) is 40.1. The van der Waals surface area contributed by atoms with Gasteiger partial charge in [0.25, 0.3) is 0 Å². The van der Waals surface area contributed by atoms with Crippen LogP contribution in [-0.2, 0) is 23.7 Å². The van der Waals surface area contributed by atoms with Gasteiger partial charge in [-0.1, -0.05) is 27.7 Å². The Morgan fingerprint density at radius 2 is 1.40 bits per heavy atom. The van der Waals surface area contributed by atoms with Crippen molar-refractivity contribution in [2.45, 2.75) is 197 Å². The summed E-state index contributed by atoms with van der Waals surface area (Å²) in [5.41, 5.74) is -3.16. The minimum absolute atomic E-state index is 0.0633. The summed E-state index contributed by atoms with van der Waals surface area (Å²) >= 11 is 0. The maximum atomic E-state index is 12.2. The molecule has 2 spiro atoms. The van der Waals surface area contributed by atoms with Crippen molar-refractivity contribution in [3.63, 3.8) is 0 Å². The number of aliphatic hydroxyl groups is 9. The lowest BCUT2D eigenvalue weighted by atomic mass is 9.41. The van der Waals surface area contributed by atoms with Crippen LogP contribution in [0.1, 0.15) is 106 Å². The first-order chi connectivity index (χ1) is 25.5. The van der Waals surface area contributed by atoms with E-state index in [-0.39, 0.29) is 52.1 Å². The highest BCUT2D eigenvalue weighted by Crippen LogP contribution is 2.89. The summed E-state index contributed by atoms with van der Waals surface area (Å²) < 4.78 is 31.9. The van der Waals surface area contributed by atoms with E-state index in [2.05, 4.69) is 34.6 Å². The van der Waals surface area contributed by atoms with Crippen LogP contribution in [0.2, 0.25) is 0 Å². The second kappa shape index (κ2) is 13.2. The van der Waals surface area contributed by atoms with Gasteiger partial charge in [0.2, 0.25) is 0 Å². The number of aliphatic hydroxyl groups excluding tert-OH is 8. The third-order valence-electron chi connectivity index (χ3n) is 17.6. The molecule has 8 fully saturated rings. The lowest BCUT2D eigenvalue weighted by Crippen LogP contribution is -2.65. The zero-order valence-corrected chi connectivity index (χ0v) is 33.6. The van der Waals surface area contributed by atoms with Gasteiger partial charge in [-0.2, -0.15) is 0 Å². The Morgan fingerprint density at radius 1 is 0.709 bits per heavy atom. The summed E-state index contributed by atoms with van der Waals surface area (Å²) in [5.74, 6) is -0.215. The standard InChI is InChI=1S/C41H68O14/c1-35(2)24(54-33-29(48)26(45)20(44)17-51-33)9-11-41-18-40(41)13-12-37(5)31(39(7)10-8-25(55-39)36(3,4)50)19(43)15-38(37,6)23(40)14-21(32(35)41)52-34-30(49)28(47)27(46)22(16-42)53-34/h19-34,42-50H,8-18H2,1-7H3/t19-,20+,21+,22+,23?,24-,25-,26-,27+,28-,29+,30+,31-,32?,33-,34+,37+,38-,39+,40?,41+/m0/s1. The van der Waals surface area contributed by atoms with Gasteiger partial charge in [-0.05, 0) is 117 Å². The molecule has 21 atom stereocenters. The predicted molar refractivity (Wildman–Crippen MR) is 194 cm³/mol. The van der Waals surface area contributed by atoms with Crippen molar-refractivity contribution in [2.75, 3.05) is 13.2 Å². The fourth-order valence-electron chi connectivity index (χ4n) is 14.9. The maximum Gasteiger partial charge on any atom is 0.186 e. The van der Waals surface area contributed by atoms with E-state index in [0.717, 1.165) is 32.1 Å². The average molecular weight is 785 g/mol. The Kier molecular flexibility index (Phi) is 9.90. The summed E-state index contributed by atoms with van der Waals surface area (Å²) in [4.78, 5) is 0. The van der Waals surface area contributed by atoms with Gasteiger partial charge in [0.15, 0.2) is 12.6 Å². The monoisotopic (exact) mass is 784 g/mol. The summed E-state index contributed by atoms with van der Waals surface area (Å²) in [6, 6.07) is 0. The molecular weight excluding hydrogens is 716 g/mol. The van der Waals surface area contributed by atoms with Gasteiger partial charge in [-0.15, -0.1) is 0 Å². The van der Waals surface area contributed by atoms with Crippen LogP contribution in [0.3, 0.4) is 0 Å². The molecule has 5 saturated carbocycles. The third-order valence-corrected chi connectivity index (χ3v) is 17.6. The Balaban J connectivity index is 1.15. The minimum Gasteiger partial charge on any atom is -0.394 e. The topological polar surface area (TPSA) is 228 Å². The first-order valence-corrected chi connectivity index (χ1v) is 20.9. The highest BCUT2D eigenvalue weighted by Gasteiger charge is 2.85. The van der Waals surface area contributed by atoms with E-state index in [4.69, 9.17) is 23.7 Å². The predicted octanol–water partition coefficient (Wildman–Crippen LogP) is 0.724. The summed E-state index contributed by atoms with van der Waals surface area (Å²) in [5, 5.41) is 97.2. The highest BCUT2D eigenvalue weighted by molar-refractivity contribution is 5.33. The van der Waals surface area contributed by atoms with Crippen LogP contribution < -0.4 is 0 Å². The maximum absolute atomic E-state index is 12.2. The molecule has 0 aromatic rings. The Labute approximate surface area is 324 Å². The van der Waals surface area contributed by atoms with Crippen molar-refractivity contribution in [3.05, 3.63) is 0 Å². The van der Waals surface area contributed by atoms with Gasteiger partial charge in [0, 0.05) is 5.92 Å². The van der Waals surface area contributed by atoms with Gasteiger partial charge < -0.3 is 69.6 Å². The summed E-state index contributed by atoms with van der Waals surface area (Å²) in [7, 11) is 0. The molecule has 14 heteroatoms.